The molecule has 0 atom stereocenters. The first-order chi connectivity index (χ1) is 14.7. The van der Waals surface area contributed by atoms with Gasteiger partial charge in [-0.25, -0.2) is 9.59 Å². The van der Waals surface area contributed by atoms with Gasteiger partial charge in [0.15, 0.2) is 0 Å². The smallest absolute Gasteiger partial charge is 0.345 e. The van der Waals surface area contributed by atoms with Gasteiger partial charge in [0.05, 0.1) is 0 Å². The van der Waals surface area contributed by atoms with Gasteiger partial charge in [-0.15, -0.1) is 0 Å². The number of esters is 2. The lowest BCUT2D eigenvalue weighted by atomic mass is 10.1. The highest BCUT2D eigenvalue weighted by Gasteiger charge is 2.50. The maximum atomic E-state index is 12.9. The molecule has 0 unspecified atom stereocenters. The van der Waals surface area contributed by atoms with E-state index in [1.54, 1.807) is 69.3 Å². The molecule has 0 N–H and O–H groups in total. The molecule has 3 rings (SSSR count). The summed E-state index contributed by atoms with van der Waals surface area (Å²) in [5.41, 5.74) is -0.744. The van der Waals surface area contributed by atoms with Crippen LogP contribution >= 0.6 is 0 Å². The first kappa shape index (κ1) is 22.0. The molecule has 160 valence electrons. The number of ether oxygens (including phenoxy) is 2. The fourth-order valence-corrected chi connectivity index (χ4v) is 3.11. The molecule has 1 heterocycles. The van der Waals surface area contributed by atoms with E-state index in [0.29, 0.717) is 11.1 Å². The van der Waals surface area contributed by atoms with Gasteiger partial charge in [0, 0.05) is 5.54 Å². The van der Waals surface area contributed by atoms with Crippen LogP contribution in [0.5, 0.6) is 0 Å². The summed E-state index contributed by atoms with van der Waals surface area (Å²) in [5.74, 6) is -3.83. The van der Waals surface area contributed by atoms with Gasteiger partial charge in [-0.1, -0.05) is 60.7 Å². The number of nitrogens with zero attached hydrogens (tertiary/aromatic N) is 1. The van der Waals surface area contributed by atoms with Crippen LogP contribution in [0.2, 0.25) is 0 Å². The number of hydrogen-bond acceptors (Lipinski definition) is 6. The maximum absolute atomic E-state index is 12.9. The van der Waals surface area contributed by atoms with E-state index in [1.165, 1.54) is 0 Å². The molecule has 1 aliphatic rings. The average Bonchev–Trinajstić information content (AvgIpc) is 3.02. The van der Waals surface area contributed by atoms with Crippen LogP contribution in [0.4, 0.5) is 0 Å². The molecule has 7 heteroatoms. The summed E-state index contributed by atoms with van der Waals surface area (Å²) in [6.45, 7) is 4.69. The standard InChI is InChI=1S/C24H23NO6/c1-24(2,3)25-20(26)18(22(28)30-14-16-10-6-4-7-11-16)19(21(25)27)23(29)31-15-17-12-8-5-9-13-17/h4-13H,14-15H2,1-3H3. The quantitative estimate of drug-likeness (QED) is 0.405. The predicted octanol–water partition coefficient (Wildman–Crippen LogP) is 2.94. The Bertz CT molecular complexity index is 957. The van der Waals surface area contributed by atoms with Crippen molar-refractivity contribution in [2.24, 2.45) is 0 Å². The predicted molar refractivity (Wildman–Crippen MR) is 111 cm³/mol. The molecule has 2 aromatic rings. The Labute approximate surface area is 180 Å². The van der Waals surface area contributed by atoms with Crippen LogP contribution in [-0.2, 0) is 41.9 Å². The third kappa shape index (κ3) is 4.88. The summed E-state index contributed by atoms with van der Waals surface area (Å²) in [6.07, 6.45) is 0. The van der Waals surface area contributed by atoms with Gasteiger partial charge in [0.25, 0.3) is 11.8 Å². The van der Waals surface area contributed by atoms with E-state index in [-0.39, 0.29) is 13.2 Å². The van der Waals surface area contributed by atoms with E-state index in [4.69, 9.17) is 9.47 Å². The Morgan fingerprint density at radius 1 is 0.710 bits per heavy atom. The first-order valence-electron chi connectivity index (χ1n) is 9.75. The van der Waals surface area contributed by atoms with Crippen LogP contribution in [0.15, 0.2) is 71.8 Å². The van der Waals surface area contributed by atoms with Crippen molar-refractivity contribution in [2.75, 3.05) is 0 Å². The second-order valence-electron chi connectivity index (χ2n) is 7.99. The van der Waals surface area contributed by atoms with Crippen molar-refractivity contribution < 1.29 is 28.7 Å². The van der Waals surface area contributed by atoms with Crippen LogP contribution in [0.1, 0.15) is 31.9 Å². The van der Waals surface area contributed by atoms with Crippen LogP contribution in [-0.4, -0.2) is 34.2 Å². The number of carbonyl (C=O) groups is 4. The Morgan fingerprint density at radius 2 is 1.06 bits per heavy atom. The SMILES string of the molecule is CC(C)(C)N1C(=O)C(C(=O)OCc2ccccc2)=C(C(=O)OCc2ccccc2)C1=O. The van der Waals surface area contributed by atoms with Crippen molar-refractivity contribution in [1.29, 1.82) is 0 Å². The molecule has 1 aliphatic heterocycles. The van der Waals surface area contributed by atoms with Crippen molar-refractivity contribution in [3.63, 3.8) is 0 Å². The van der Waals surface area contributed by atoms with Crippen molar-refractivity contribution in [3.05, 3.63) is 82.9 Å². The summed E-state index contributed by atoms with van der Waals surface area (Å²) in [6, 6.07) is 17.7. The van der Waals surface area contributed by atoms with Crippen LogP contribution < -0.4 is 0 Å². The number of rotatable bonds is 6. The number of hydrogen-bond donors (Lipinski definition) is 0. The average molecular weight is 421 g/mol. The zero-order valence-electron chi connectivity index (χ0n) is 17.6. The summed E-state index contributed by atoms with van der Waals surface area (Å²) < 4.78 is 10.5. The molecule has 0 bridgehead atoms. The molecule has 2 aromatic carbocycles. The third-order valence-electron chi connectivity index (χ3n) is 4.59. The highest BCUT2D eigenvalue weighted by molar-refractivity contribution is 6.38. The molecule has 0 spiro atoms. The largest absolute Gasteiger partial charge is 0.457 e. The van der Waals surface area contributed by atoms with Gasteiger partial charge in [-0.05, 0) is 31.9 Å². The summed E-state index contributed by atoms with van der Waals surface area (Å²) >= 11 is 0. The van der Waals surface area contributed by atoms with E-state index in [9.17, 15) is 19.2 Å². The van der Waals surface area contributed by atoms with Crippen molar-refractivity contribution in [2.45, 2.75) is 39.5 Å². The van der Waals surface area contributed by atoms with Gasteiger partial charge in [0.2, 0.25) is 0 Å². The minimum Gasteiger partial charge on any atom is -0.457 e. The van der Waals surface area contributed by atoms with E-state index in [2.05, 4.69) is 0 Å². The second-order valence-corrected chi connectivity index (χ2v) is 7.99. The molecule has 0 aromatic heterocycles. The Hall–Kier alpha value is -3.74. The summed E-state index contributed by atoms with van der Waals surface area (Å²) in [5, 5.41) is 0. The zero-order valence-corrected chi connectivity index (χ0v) is 17.6. The Morgan fingerprint density at radius 3 is 1.39 bits per heavy atom. The molecule has 0 saturated carbocycles. The molecule has 0 fully saturated rings. The molecular weight excluding hydrogens is 398 g/mol. The van der Waals surface area contributed by atoms with Gasteiger partial charge < -0.3 is 9.47 Å². The molecule has 31 heavy (non-hydrogen) atoms. The van der Waals surface area contributed by atoms with E-state index in [1.807, 2.05) is 12.1 Å². The third-order valence-corrected chi connectivity index (χ3v) is 4.59. The molecule has 0 saturated heterocycles. The number of benzene rings is 2. The normalized spacial score (nSPS) is 14.1. The van der Waals surface area contributed by atoms with Gasteiger partial charge in [-0.2, -0.15) is 0 Å². The van der Waals surface area contributed by atoms with Crippen LogP contribution in [0.25, 0.3) is 0 Å². The Balaban J connectivity index is 1.87. The monoisotopic (exact) mass is 421 g/mol. The number of imide groups is 1. The topological polar surface area (TPSA) is 90.0 Å². The number of amides is 2. The zero-order chi connectivity index (χ0) is 22.6. The minimum atomic E-state index is -1.04. The summed E-state index contributed by atoms with van der Waals surface area (Å²) in [4.78, 5) is 52.3. The highest BCUT2D eigenvalue weighted by atomic mass is 16.5. The lowest BCUT2D eigenvalue weighted by Crippen LogP contribution is -2.47. The molecule has 0 aliphatic carbocycles. The van der Waals surface area contributed by atoms with Crippen molar-refractivity contribution in [3.8, 4) is 0 Å². The molecule has 7 nitrogen and oxygen atoms in total. The fraction of sp³-hybridized carbons (Fsp3) is 0.250. The number of carbonyl (C=O) groups excluding carboxylic acids is 4. The lowest BCUT2D eigenvalue weighted by Gasteiger charge is -2.30. The Kier molecular flexibility index (Phi) is 6.34. The van der Waals surface area contributed by atoms with E-state index in [0.717, 1.165) is 4.90 Å². The van der Waals surface area contributed by atoms with Crippen LogP contribution in [0.3, 0.4) is 0 Å². The highest BCUT2D eigenvalue weighted by Crippen LogP contribution is 2.30. The fourth-order valence-electron chi connectivity index (χ4n) is 3.11. The van der Waals surface area contributed by atoms with Gasteiger partial charge in [-0.3, -0.25) is 14.5 Å². The first-order valence-corrected chi connectivity index (χ1v) is 9.75. The maximum Gasteiger partial charge on any atom is 0.345 e. The molecule has 2 amide bonds. The van der Waals surface area contributed by atoms with Crippen LogP contribution in [0, 0.1) is 0 Å². The lowest BCUT2D eigenvalue weighted by molar-refractivity contribution is -0.146. The van der Waals surface area contributed by atoms with Crippen molar-refractivity contribution in [1.82, 2.24) is 4.90 Å². The van der Waals surface area contributed by atoms with Gasteiger partial charge in [0.1, 0.15) is 24.4 Å². The summed E-state index contributed by atoms with van der Waals surface area (Å²) in [7, 11) is 0. The molecular formula is C24H23NO6. The second kappa shape index (κ2) is 8.95. The minimum absolute atomic E-state index is 0.105. The van der Waals surface area contributed by atoms with Gasteiger partial charge >= 0.3 is 11.9 Å². The van der Waals surface area contributed by atoms with Crippen molar-refractivity contribution >= 4 is 23.8 Å². The molecule has 0 radical (unpaired) electrons. The van der Waals surface area contributed by atoms with E-state index < -0.39 is 40.4 Å². The van der Waals surface area contributed by atoms with E-state index >= 15 is 0 Å².